The number of carbonyl (C=O) groups is 2. The molecule has 0 bridgehead atoms. The maximum absolute atomic E-state index is 11.9. The van der Waals surface area contributed by atoms with Crippen molar-refractivity contribution in [3.8, 4) is 6.07 Å². The Bertz CT molecular complexity index is 659. The number of carbonyl (C=O) groups excluding carboxylic acids is 2. The summed E-state index contributed by atoms with van der Waals surface area (Å²) in [6.07, 6.45) is 0.662. The van der Waals surface area contributed by atoms with Gasteiger partial charge in [0.25, 0.3) is 5.91 Å². The third-order valence-corrected chi connectivity index (χ3v) is 3.82. The lowest BCUT2D eigenvalue weighted by molar-refractivity contribution is -0.116. The number of imide groups is 1. The van der Waals surface area contributed by atoms with Gasteiger partial charge >= 0.3 is 6.09 Å². The molecular formula is C18H22N4O3. The molecule has 1 N–H and O–H groups in total. The summed E-state index contributed by atoms with van der Waals surface area (Å²) >= 11 is 0. The van der Waals surface area contributed by atoms with Crippen molar-refractivity contribution in [3.05, 3.63) is 47.7 Å². The summed E-state index contributed by atoms with van der Waals surface area (Å²) < 4.78 is 4.64. The number of amides is 2. The van der Waals surface area contributed by atoms with Crippen LogP contribution in [0.4, 0.5) is 4.79 Å². The Morgan fingerprint density at radius 1 is 1.24 bits per heavy atom. The molecule has 1 saturated heterocycles. The molecule has 0 saturated carbocycles. The van der Waals surface area contributed by atoms with Crippen LogP contribution in [0.3, 0.4) is 0 Å². The molecule has 0 atom stereocenters. The summed E-state index contributed by atoms with van der Waals surface area (Å²) in [6, 6.07) is 12.1. The molecule has 1 aromatic rings. The molecule has 1 aliphatic rings. The Morgan fingerprint density at radius 2 is 1.92 bits per heavy atom. The first-order valence-electron chi connectivity index (χ1n) is 8.22. The average Bonchev–Trinajstić information content (AvgIpc) is 2.62. The lowest BCUT2D eigenvalue weighted by Gasteiger charge is -2.34. The van der Waals surface area contributed by atoms with Crippen LogP contribution in [-0.4, -0.2) is 54.6 Å². The van der Waals surface area contributed by atoms with Crippen LogP contribution in [-0.2, 0) is 16.1 Å². The number of rotatable bonds is 5. The van der Waals surface area contributed by atoms with E-state index in [-0.39, 0.29) is 12.2 Å². The highest BCUT2D eigenvalue weighted by molar-refractivity contribution is 6.04. The van der Waals surface area contributed by atoms with E-state index in [2.05, 4.69) is 21.8 Å². The summed E-state index contributed by atoms with van der Waals surface area (Å²) in [5.41, 5.74) is 1.16. The van der Waals surface area contributed by atoms with E-state index >= 15 is 0 Å². The molecule has 0 radical (unpaired) electrons. The Labute approximate surface area is 147 Å². The van der Waals surface area contributed by atoms with E-state index in [0.29, 0.717) is 13.1 Å². The Morgan fingerprint density at radius 3 is 2.52 bits per heavy atom. The first kappa shape index (κ1) is 18.5. The predicted molar refractivity (Wildman–Crippen MR) is 92.2 cm³/mol. The van der Waals surface area contributed by atoms with Crippen molar-refractivity contribution in [2.75, 3.05) is 32.8 Å². The first-order chi connectivity index (χ1) is 12.1. The second kappa shape index (κ2) is 9.45. The Balaban J connectivity index is 1.86. The van der Waals surface area contributed by atoms with Gasteiger partial charge < -0.3 is 9.64 Å². The Kier molecular flexibility index (Phi) is 6.99. The van der Waals surface area contributed by atoms with E-state index in [4.69, 9.17) is 5.26 Å². The van der Waals surface area contributed by atoms with Crippen molar-refractivity contribution in [1.29, 1.82) is 5.26 Å². The number of benzene rings is 1. The van der Waals surface area contributed by atoms with Crippen LogP contribution in [0.1, 0.15) is 12.5 Å². The largest absolute Gasteiger partial charge is 0.450 e. The zero-order chi connectivity index (χ0) is 18.1. The number of nitrogens with zero attached hydrogens (tertiary/aromatic N) is 3. The number of nitriles is 1. The number of hydrogen-bond acceptors (Lipinski definition) is 6. The molecule has 132 valence electrons. The van der Waals surface area contributed by atoms with E-state index in [0.717, 1.165) is 19.6 Å². The Hall–Kier alpha value is -2.85. The van der Waals surface area contributed by atoms with Crippen molar-refractivity contribution >= 4 is 12.0 Å². The lowest BCUT2D eigenvalue weighted by Crippen LogP contribution is -2.44. The van der Waals surface area contributed by atoms with Crippen molar-refractivity contribution in [2.24, 2.45) is 0 Å². The van der Waals surface area contributed by atoms with E-state index in [9.17, 15) is 9.59 Å². The minimum atomic E-state index is -0.846. The zero-order valence-electron chi connectivity index (χ0n) is 14.3. The molecule has 25 heavy (non-hydrogen) atoms. The smallest absolute Gasteiger partial charge is 0.414 e. The fourth-order valence-corrected chi connectivity index (χ4v) is 2.54. The van der Waals surface area contributed by atoms with Gasteiger partial charge in [0.15, 0.2) is 0 Å². The summed E-state index contributed by atoms with van der Waals surface area (Å²) in [5.74, 6) is -0.743. The second-order valence-electron chi connectivity index (χ2n) is 5.63. The van der Waals surface area contributed by atoms with Crippen LogP contribution >= 0.6 is 0 Å². The van der Waals surface area contributed by atoms with Gasteiger partial charge in [-0.2, -0.15) is 5.26 Å². The van der Waals surface area contributed by atoms with Crippen LogP contribution < -0.4 is 5.32 Å². The van der Waals surface area contributed by atoms with Crippen LogP contribution in [0.5, 0.6) is 0 Å². The molecular weight excluding hydrogens is 320 g/mol. The standard InChI is InChI=1S/C18H22N4O3/c1-2-25-18(24)20-17(23)16(12-19)14-22-10-8-21(9-11-22)13-15-6-4-3-5-7-15/h3-7,14H,2,8-11,13H2,1H3,(H,20,23,24). The number of hydrogen-bond donors (Lipinski definition) is 1. The minimum absolute atomic E-state index is 0.107. The monoisotopic (exact) mass is 342 g/mol. The molecule has 1 aliphatic heterocycles. The van der Waals surface area contributed by atoms with Gasteiger partial charge in [0, 0.05) is 38.9 Å². The third-order valence-electron chi connectivity index (χ3n) is 3.82. The van der Waals surface area contributed by atoms with Crippen molar-refractivity contribution < 1.29 is 14.3 Å². The molecule has 0 unspecified atom stereocenters. The molecule has 1 fully saturated rings. The normalized spacial score (nSPS) is 15.4. The van der Waals surface area contributed by atoms with Gasteiger partial charge in [-0.1, -0.05) is 30.3 Å². The van der Waals surface area contributed by atoms with E-state index in [1.807, 2.05) is 34.5 Å². The number of nitrogens with one attached hydrogen (secondary N) is 1. The molecule has 0 aliphatic carbocycles. The average molecular weight is 342 g/mol. The molecule has 7 heteroatoms. The van der Waals surface area contributed by atoms with Gasteiger partial charge in [-0.15, -0.1) is 0 Å². The van der Waals surface area contributed by atoms with Crippen molar-refractivity contribution in [3.63, 3.8) is 0 Å². The predicted octanol–water partition coefficient (Wildman–Crippen LogP) is 1.48. The third kappa shape index (κ3) is 5.94. The summed E-state index contributed by atoms with van der Waals surface area (Å²) in [7, 11) is 0. The molecule has 7 nitrogen and oxygen atoms in total. The summed E-state index contributed by atoms with van der Waals surface area (Å²) in [5, 5.41) is 11.2. The topological polar surface area (TPSA) is 85.7 Å². The summed E-state index contributed by atoms with van der Waals surface area (Å²) in [4.78, 5) is 27.4. The number of alkyl carbamates (subject to hydrolysis) is 1. The summed E-state index contributed by atoms with van der Waals surface area (Å²) in [6.45, 7) is 5.78. The number of piperazine rings is 1. The first-order valence-corrected chi connectivity index (χ1v) is 8.22. The van der Waals surface area contributed by atoms with Crippen molar-refractivity contribution in [1.82, 2.24) is 15.1 Å². The van der Waals surface area contributed by atoms with Crippen LogP contribution in [0.2, 0.25) is 0 Å². The van der Waals surface area contributed by atoms with E-state index < -0.39 is 12.0 Å². The van der Waals surface area contributed by atoms with Gasteiger partial charge in [-0.05, 0) is 12.5 Å². The molecule has 1 heterocycles. The quantitative estimate of drug-likeness (QED) is 0.644. The van der Waals surface area contributed by atoms with Gasteiger partial charge in [0.2, 0.25) is 0 Å². The maximum Gasteiger partial charge on any atom is 0.414 e. The van der Waals surface area contributed by atoms with Crippen molar-refractivity contribution in [2.45, 2.75) is 13.5 Å². The maximum atomic E-state index is 11.9. The van der Waals surface area contributed by atoms with Gasteiger partial charge in [-0.3, -0.25) is 15.0 Å². The highest BCUT2D eigenvalue weighted by atomic mass is 16.5. The van der Waals surface area contributed by atoms with Gasteiger partial charge in [0.05, 0.1) is 6.61 Å². The fraction of sp³-hybridized carbons (Fsp3) is 0.389. The lowest BCUT2D eigenvalue weighted by atomic mass is 10.2. The highest BCUT2D eigenvalue weighted by Gasteiger charge is 2.18. The van der Waals surface area contributed by atoms with E-state index in [1.165, 1.54) is 11.8 Å². The van der Waals surface area contributed by atoms with Gasteiger partial charge in [0.1, 0.15) is 11.6 Å². The molecule has 1 aromatic carbocycles. The van der Waals surface area contributed by atoms with Crippen LogP contribution in [0.25, 0.3) is 0 Å². The fourth-order valence-electron chi connectivity index (χ4n) is 2.54. The van der Waals surface area contributed by atoms with Crippen LogP contribution in [0, 0.1) is 11.3 Å². The van der Waals surface area contributed by atoms with E-state index in [1.54, 1.807) is 6.92 Å². The SMILES string of the molecule is CCOC(=O)NC(=O)C(C#N)=CN1CCN(Cc2ccccc2)CC1. The molecule has 0 aromatic heterocycles. The number of ether oxygens (including phenoxy) is 1. The van der Waals surface area contributed by atoms with Crippen LogP contribution in [0.15, 0.2) is 42.1 Å². The highest BCUT2D eigenvalue weighted by Crippen LogP contribution is 2.09. The van der Waals surface area contributed by atoms with Gasteiger partial charge in [-0.25, -0.2) is 4.79 Å². The minimum Gasteiger partial charge on any atom is -0.450 e. The zero-order valence-corrected chi connectivity index (χ0v) is 14.3. The molecule has 0 spiro atoms. The molecule has 2 rings (SSSR count). The molecule has 2 amide bonds. The second-order valence-corrected chi connectivity index (χ2v) is 5.63.